The molecule has 1 atom stereocenters. The first kappa shape index (κ1) is 12.6. The Balaban J connectivity index is 1.63. The van der Waals surface area contributed by atoms with Crippen LogP contribution in [0.2, 0.25) is 0 Å². The summed E-state index contributed by atoms with van der Waals surface area (Å²) in [6.07, 6.45) is 2.33. The second-order valence-corrected chi connectivity index (χ2v) is 5.95. The van der Waals surface area contributed by atoms with Gasteiger partial charge >= 0.3 is 0 Å². The van der Waals surface area contributed by atoms with Crippen molar-refractivity contribution in [3.05, 3.63) is 53.6 Å². The molecule has 1 unspecified atom stereocenters. The fourth-order valence-corrected chi connectivity index (χ4v) is 3.60. The molecule has 0 aromatic heterocycles. The van der Waals surface area contributed by atoms with Gasteiger partial charge in [0.05, 0.1) is 18.0 Å². The van der Waals surface area contributed by atoms with Crippen LogP contribution in [-0.4, -0.2) is 19.7 Å². The van der Waals surface area contributed by atoms with Crippen molar-refractivity contribution >= 4 is 11.4 Å². The summed E-state index contributed by atoms with van der Waals surface area (Å²) < 4.78 is 5.81. The van der Waals surface area contributed by atoms with E-state index in [1.165, 1.54) is 23.2 Å². The van der Waals surface area contributed by atoms with E-state index < -0.39 is 0 Å². The van der Waals surface area contributed by atoms with Gasteiger partial charge in [-0.25, -0.2) is 0 Å². The van der Waals surface area contributed by atoms with E-state index in [4.69, 9.17) is 10.5 Å². The Morgan fingerprint density at radius 1 is 1.14 bits per heavy atom. The number of anilines is 2. The maximum Gasteiger partial charge on any atom is 0.122 e. The van der Waals surface area contributed by atoms with Crippen molar-refractivity contribution in [3.8, 4) is 5.75 Å². The summed E-state index contributed by atoms with van der Waals surface area (Å²) in [5, 5.41) is 0. The quantitative estimate of drug-likeness (QED) is 0.859. The first-order valence-electron chi connectivity index (χ1n) is 7.67. The van der Waals surface area contributed by atoms with Gasteiger partial charge in [0.1, 0.15) is 5.75 Å². The van der Waals surface area contributed by atoms with E-state index in [-0.39, 0.29) is 0 Å². The van der Waals surface area contributed by atoms with Gasteiger partial charge in [-0.05, 0) is 30.5 Å². The third-order valence-corrected chi connectivity index (χ3v) is 4.58. The number of nitrogen functional groups attached to an aromatic ring is 1. The molecule has 2 aliphatic rings. The number of hydrogen-bond donors (Lipinski definition) is 1. The van der Waals surface area contributed by atoms with Crippen LogP contribution in [0.15, 0.2) is 42.5 Å². The number of benzene rings is 2. The first-order chi connectivity index (χ1) is 10.3. The third kappa shape index (κ3) is 2.13. The number of aryl methyl sites for hydroxylation is 1. The van der Waals surface area contributed by atoms with Crippen LogP contribution in [0.25, 0.3) is 0 Å². The molecule has 0 saturated heterocycles. The molecule has 2 aliphatic heterocycles. The lowest BCUT2D eigenvalue weighted by atomic mass is 9.96. The lowest BCUT2D eigenvalue weighted by Gasteiger charge is -2.34. The van der Waals surface area contributed by atoms with Gasteiger partial charge in [-0.15, -0.1) is 0 Å². The third-order valence-electron chi connectivity index (χ3n) is 4.58. The highest BCUT2D eigenvalue weighted by atomic mass is 16.5. The van der Waals surface area contributed by atoms with E-state index in [2.05, 4.69) is 35.2 Å². The van der Waals surface area contributed by atoms with Crippen LogP contribution in [-0.2, 0) is 6.42 Å². The van der Waals surface area contributed by atoms with Crippen molar-refractivity contribution < 1.29 is 4.74 Å². The molecule has 0 spiro atoms. The lowest BCUT2D eigenvalue weighted by molar-refractivity contribution is 0.330. The van der Waals surface area contributed by atoms with Crippen molar-refractivity contribution in [1.82, 2.24) is 0 Å². The van der Waals surface area contributed by atoms with Gasteiger partial charge in [0, 0.05) is 24.6 Å². The maximum absolute atomic E-state index is 6.23. The van der Waals surface area contributed by atoms with Crippen LogP contribution in [0.5, 0.6) is 5.75 Å². The number of ether oxygens (including phenoxy) is 1. The number of fused-ring (bicyclic) bond motifs is 2. The average Bonchev–Trinajstić information content (AvgIpc) is 2.91. The van der Waals surface area contributed by atoms with Crippen molar-refractivity contribution in [1.29, 1.82) is 0 Å². The molecule has 2 heterocycles. The largest absolute Gasteiger partial charge is 0.493 e. The number of nitrogens with zero attached hydrogens (tertiary/aromatic N) is 1. The van der Waals surface area contributed by atoms with Crippen molar-refractivity contribution in [2.75, 3.05) is 30.3 Å². The summed E-state index contributed by atoms with van der Waals surface area (Å²) in [5.74, 6) is 1.48. The molecule has 0 radical (unpaired) electrons. The zero-order valence-electron chi connectivity index (χ0n) is 12.1. The molecule has 3 heteroatoms. The van der Waals surface area contributed by atoms with E-state index in [0.29, 0.717) is 5.92 Å². The molecule has 4 rings (SSSR count). The van der Waals surface area contributed by atoms with Gasteiger partial charge in [0.25, 0.3) is 0 Å². The van der Waals surface area contributed by atoms with Gasteiger partial charge in [-0.2, -0.15) is 0 Å². The Hall–Kier alpha value is -2.16. The number of hydrogen-bond acceptors (Lipinski definition) is 3. The molecule has 0 bridgehead atoms. The van der Waals surface area contributed by atoms with Gasteiger partial charge < -0.3 is 15.4 Å². The molecule has 0 fully saturated rings. The summed E-state index contributed by atoms with van der Waals surface area (Å²) in [5.41, 5.74) is 11.1. The summed E-state index contributed by atoms with van der Waals surface area (Å²) in [4.78, 5) is 2.45. The highest BCUT2D eigenvalue weighted by molar-refractivity contribution is 5.72. The molecule has 2 aromatic carbocycles. The standard InChI is InChI=1S/C18H20N2O/c19-16-8-3-5-13-6-4-10-20(18(13)16)11-14-12-21-17-9-2-1-7-15(14)17/h1-3,5,7-9,14H,4,6,10-12,19H2. The van der Waals surface area contributed by atoms with E-state index in [1.807, 2.05) is 12.1 Å². The maximum atomic E-state index is 6.23. The molecule has 21 heavy (non-hydrogen) atoms. The predicted octanol–water partition coefficient (Wildman–Crippen LogP) is 3.20. The van der Waals surface area contributed by atoms with Gasteiger partial charge in [0.2, 0.25) is 0 Å². The Morgan fingerprint density at radius 2 is 2.05 bits per heavy atom. The molecular formula is C18H20N2O. The number of para-hydroxylation sites is 2. The molecule has 2 aromatic rings. The van der Waals surface area contributed by atoms with E-state index in [9.17, 15) is 0 Å². The minimum Gasteiger partial charge on any atom is -0.493 e. The Morgan fingerprint density at radius 3 is 3.00 bits per heavy atom. The van der Waals surface area contributed by atoms with Crippen LogP contribution < -0.4 is 15.4 Å². The zero-order valence-corrected chi connectivity index (χ0v) is 12.1. The number of nitrogens with two attached hydrogens (primary N) is 1. The second kappa shape index (κ2) is 4.99. The van der Waals surface area contributed by atoms with Gasteiger partial charge in [-0.1, -0.05) is 30.3 Å². The van der Waals surface area contributed by atoms with Gasteiger partial charge in [-0.3, -0.25) is 0 Å². The Kier molecular flexibility index (Phi) is 2.99. The SMILES string of the molecule is Nc1cccc2c1N(CC1COc3ccccc31)CCC2. The average molecular weight is 280 g/mol. The highest BCUT2D eigenvalue weighted by Gasteiger charge is 2.28. The fraction of sp³-hybridized carbons (Fsp3) is 0.333. The molecule has 108 valence electrons. The zero-order chi connectivity index (χ0) is 14.2. The molecule has 2 N–H and O–H groups in total. The Bertz CT molecular complexity index is 668. The summed E-state index contributed by atoms with van der Waals surface area (Å²) >= 11 is 0. The van der Waals surface area contributed by atoms with E-state index >= 15 is 0 Å². The minimum atomic E-state index is 0.437. The fourth-order valence-electron chi connectivity index (χ4n) is 3.60. The topological polar surface area (TPSA) is 38.5 Å². The molecular weight excluding hydrogens is 260 g/mol. The van der Waals surface area contributed by atoms with E-state index in [1.54, 1.807) is 0 Å². The van der Waals surface area contributed by atoms with Crippen molar-refractivity contribution in [2.24, 2.45) is 0 Å². The second-order valence-electron chi connectivity index (χ2n) is 5.95. The lowest BCUT2D eigenvalue weighted by Crippen LogP contribution is -2.34. The normalized spacial score (nSPS) is 19.8. The summed E-state index contributed by atoms with van der Waals surface area (Å²) in [7, 11) is 0. The first-order valence-corrected chi connectivity index (χ1v) is 7.67. The monoisotopic (exact) mass is 280 g/mol. The van der Waals surface area contributed by atoms with Crippen LogP contribution in [0.4, 0.5) is 11.4 Å². The van der Waals surface area contributed by atoms with Crippen molar-refractivity contribution in [3.63, 3.8) is 0 Å². The van der Waals surface area contributed by atoms with Gasteiger partial charge in [0.15, 0.2) is 0 Å². The summed E-state index contributed by atoms with van der Waals surface area (Å²) in [6.45, 7) is 2.84. The van der Waals surface area contributed by atoms with Crippen LogP contribution in [0.3, 0.4) is 0 Å². The van der Waals surface area contributed by atoms with Crippen molar-refractivity contribution in [2.45, 2.75) is 18.8 Å². The minimum absolute atomic E-state index is 0.437. The van der Waals surface area contributed by atoms with E-state index in [0.717, 1.165) is 37.6 Å². The molecule has 0 saturated carbocycles. The van der Waals surface area contributed by atoms with Crippen LogP contribution in [0.1, 0.15) is 23.5 Å². The molecule has 0 amide bonds. The summed E-state index contributed by atoms with van der Waals surface area (Å²) in [6, 6.07) is 14.7. The highest BCUT2D eigenvalue weighted by Crippen LogP contribution is 2.38. The van der Waals surface area contributed by atoms with Crippen LogP contribution >= 0.6 is 0 Å². The van der Waals surface area contributed by atoms with Crippen LogP contribution in [0, 0.1) is 0 Å². The molecule has 0 aliphatic carbocycles. The number of rotatable bonds is 2. The Labute approximate surface area is 125 Å². The smallest absolute Gasteiger partial charge is 0.122 e. The molecule has 3 nitrogen and oxygen atoms in total. The predicted molar refractivity (Wildman–Crippen MR) is 86.1 cm³/mol.